The first-order valence-corrected chi connectivity index (χ1v) is 7.62. The zero-order chi connectivity index (χ0) is 15.8. The van der Waals surface area contributed by atoms with E-state index >= 15 is 0 Å². The Morgan fingerprint density at radius 3 is 2.52 bits per heavy atom. The molecule has 1 aromatic carbocycles. The number of hydrogen-bond donors (Lipinski definition) is 1. The van der Waals surface area contributed by atoms with Gasteiger partial charge in [0.05, 0.1) is 24.3 Å². The predicted molar refractivity (Wildman–Crippen MR) is 85.1 cm³/mol. The summed E-state index contributed by atoms with van der Waals surface area (Å²) in [5.74, 6) is 0.984. The van der Waals surface area contributed by atoms with E-state index in [2.05, 4.69) is 15.9 Å². The lowest BCUT2D eigenvalue weighted by atomic mass is 10.1. The zero-order valence-corrected chi connectivity index (χ0v) is 14.3. The number of ether oxygens (including phenoxy) is 2. The summed E-state index contributed by atoms with van der Waals surface area (Å²) in [5.41, 5.74) is 0.466. The summed E-state index contributed by atoms with van der Waals surface area (Å²) in [6, 6.07) is 3.44. The van der Waals surface area contributed by atoms with Crippen molar-refractivity contribution in [2.75, 3.05) is 34.4 Å². The number of halogens is 1. The molecule has 1 aromatic rings. The Hall–Kier alpha value is -1.27. The molecule has 0 bridgehead atoms. The fraction of sp³-hybridized carbons (Fsp3) is 0.533. The van der Waals surface area contributed by atoms with Crippen LogP contribution in [0.25, 0.3) is 0 Å². The highest BCUT2D eigenvalue weighted by Gasteiger charge is 2.20. The van der Waals surface area contributed by atoms with E-state index in [0.717, 1.165) is 19.3 Å². The number of nitrogens with zero attached hydrogens (tertiary/aromatic N) is 1. The van der Waals surface area contributed by atoms with Crippen LogP contribution in [-0.2, 0) is 0 Å². The summed E-state index contributed by atoms with van der Waals surface area (Å²) in [4.78, 5) is 14.2. The molecule has 0 radical (unpaired) electrons. The van der Waals surface area contributed by atoms with Gasteiger partial charge < -0.3 is 19.5 Å². The van der Waals surface area contributed by atoms with Gasteiger partial charge in [-0.1, -0.05) is 0 Å². The average molecular weight is 360 g/mol. The topological polar surface area (TPSA) is 59.0 Å². The molecule has 0 fully saturated rings. The molecule has 0 saturated carbocycles. The van der Waals surface area contributed by atoms with E-state index in [9.17, 15) is 4.79 Å². The van der Waals surface area contributed by atoms with E-state index in [-0.39, 0.29) is 12.5 Å². The first-order valence-electron chi connectivity index (χ1n) is 6.83. The highest BCUT2D eigenvalue weighted by molar-refractivity contribution is 9.10. The maximum Gasteiger partial charge on any atom is 0.257 e. The first-order chi connectivity index (χ1) is 10.0. The Bertz CT molecular complexity index is 479. The van der Waals surface area contributed by atoms with E-state index in [0.29, 0.717) is 28.1 Å². The van der Waals surface area contributed by atoms with Crippen molar-refractivity contribution in [3.63, 3.8) is 0 Å². The average Bonchev–Trinajstić information content (AvgIpc) is 2.49. The standard InChI is InChI=1S/C15H22BrNO4/c1-17(7-5-4-6-8-18)15(19)12-9-11(20-2)10-13(16)14(12)21-3/h9-10,18H,4-8H2,1-3H3. The van der Waals surface area contributed by atoms with Crippen LogP contribution in [0.5, 0.6) is 11.5 Å². The minimum atomic E-state index is -0.115. The molecule has 0 aliphatic rings. The molecule has 118 valence electrons. The third-order valence-electron chi connectivity index (χ3n) is 3.19. The number of aliphatic hydroxyl groups excluding tert-OH is 1. The van der Waals surface area contributed by atoms with Gasteiger partial charge in [-0.15, -0.1) is 0 Å². The van der Waals surface area contributed by atoms with Crippen LogP contribution >= 0.6 is 15.9 Å². The van der Waals surface area contributed by atoms with Crippen molar-refractivity contribution < 1.29 is 19.4 Å². The molecule has 21 heavy (non-hydrogen) atoms. The number of methoxy groups -OCH3 is 2. The highest BCUT2D eigenvalue weighted by atomic mass is 79.9. The van der Waals surface area contributed by atoms with Crippen LogP contribution in [0.15, 0.2) is 16.6 Å². The second-order valence-electron chi connectivity index (χ2n) is 4.70. The van der Waals surface area contributed by atoms with Gasteiger partial charge in [-0.3, -0.25) is 4.79 Å². The van der Waals surface area contributed by atoms with Crippen molar-refractivity contribution >= 4 is 21.8 Å². The van der Waals surface area contributed by atoms with E-state index < -0.39 is 0 Å². The van der Waals surface area contributed by atoms with Crippen LogP contribution < -0.4 is 9.47 Å². The summed E-state index contributed by atoms with van der Waals surface area (Å²) >= 11 is 3.39. The number of unbranched alkanes of at least 4 members (excludes halogenated alkanes) is 2. The molecule has 0 heterocycles. The highest BCUT2D eigenvalue weighted by Crippen LogP contribution is 2.34. The molecule has 0 aliphatic carbocycles. The zero-order valence-electron chi connectivity index (χ0n) is 12.7. The van der Waals surface area contributed by atoms with Crippen LogP contribution in [0, 0.1) is 0 Å². The quantitative estimate of drug-likeness (QED) is 0.725. The maximum absolute atomic E-state index is 12.5. The van der Waals surface area contributed by atoms with Crippen molar-refractivity contribution in [1.82, 2.24) is 4.90 Å². The van der Waals surface area contributed by atoms with E-state index in [4.69, 9.17) is 14.6 Å². The minimum Gasteiger partial charge on any atom is -0.497 e. The smallest absolute Gasteiger partial charge is 0.257 e. The molecule has 5 nitrogen and oxygen atoms in total. The largest absolute Gasteiger partial charge is 0.497 e. The number of rotatable bonds is 8. The summed E-state index contributed by atoms with van der Waals surface area (Å²) in [6.45, 7) is 0.825. The molecular weight excluding hydrogens is 338 g/mol. The maximum atomic E-state index is 12.5. The number of benzene rings is 1. The summed E-state index contributed by atoms with van der Waals surface area (Å²) < 4.78 is 11.2. The number of carbonyl (C=O) groups excluding carboxylic acids is 1. The summed E-state index contributed by atoms with van der Waals surface area (Å²) in [5, 5.41) is 8.76. The number of carbonyl (C=O) groups is 1. The van der Waals surface area contributed by atoms with E-state index in [1.54, 1.807) is 31.2 Å². The van der Waals surface area contributed by atoms with Crippen LogP contribution in [0.3, 0.4) is 0 Å². The van der Waals surface area contributed by atoms with Crippen LogP contribution in [-0.4, -0.2) is 50.3 Å². The van der Waals surface area contributed by atoms with Crippen molar-refractivity contribution in [1.29, 1.82) is 0 Å². The first kappa shape index (κ1) is 17.8. The van der Waals surface area contributed by atoms with Gasteiger partial charge in [0.25, 0.3) is 5.91 Å². The van der Waals surface area contributed by atoms with Crippen molar-refractivity contribution in [3.05, 3.63) is 22.2 Å². The number of aliphatic hydroxyl groups is 1. The van der Waals surface area contributed by atoms with Gasteiger partial charge in [-0.2, -0.15) is 0 Å². The van der Waals surface area contributed by atoms with Crippen LogP contribution in [0.4, 0.5) is 0 Å². The fourth-order valence-corrected chi connectivity index (χ4v) is 2.60. The third kappa shape index (κ3) is 4.89. The van der Waals surface area contributed by atoms with Gasteiger partial charge in [0.1, 0.15) is 11.5 Å². The molecule has 0 unspecified atom stereocenters. The Morgan fingerprint density at radius 2 is 1.95 bits per heavy atom. The van der Waals surface area contributed by atoms with Crippen molar-refractivity contribution in [3.8, 4) is 11.5 Å². The Morgan fingerprint density at radius 1 is 1.24 bits per heavy atom. The minimum absolute atomic E-state index is 0.115. The summed E-state index contributed by atoms with van der Waals surface area (Å²) in [6.07, 6.45) is 2.51. The normalized spacial score (nSPS) is 10.3. The Balaban J connectivity index is 2.87. The molecule has 0 aliphatic heterocycles. The van der Waals surface area contributed by atoms with Crippen LogP contribution in [0.2, 0.25) is 0 Å². The van der Waals surface area contributed by atoms with Gasteiger partial charge in [0.2, 0.25) is 0 Å². The van der Waals surface area contributed by atoms with E-state index in [1.165, 1.54) is 7.11 Å². The molecule has 6 heteroatoms. The Labute approximate surface area is 134 Å². The van der Waals surface area contributed by atoms with Crippen molar-refractivity contribution in [2.45, 2.75) is 19.3 Å². The molecular formula is C15H22BrNO4. The fourth-order valence-electron chi connectivity index (χ4n) is 2.00. The molecule has 0 atom stereocenters. The lowest BCUT2D eigenvalue weighted by Crippen LogP contribution is -2.28. The molecule has 0 spiro atoms. The number of amides is 1. The van der Waals surface area contributed by atoms with Gasteiger partial charge in [0.15, 0.2) is 0 Å². The molecule has 0 saturated heterocycles. The molecule has 1 amide bonds. The van der Waals surface area contributed by atoms with Gasteiger partial charge in [0, 0.05) is 20.2 Å². The van der Waals surface area contributed by atoms with Crippen LogP contribution in [0.1, 0.15) is 29.6 Å². The Kier molecular flexibility index (Phi) is 7.53. The number of hydrogen-bond acceptors (Lipinski definition) is 4. The third-order valence-corrected chi connectivity index (χ3v) is 3.77. The van der Waals surface area contributed by atoms with Gasteiger partial charge in [-0.25, -0.2) is 0 Å². The lowest BCUT2D eigenvalue weighted by molar-refractivity contribution is 0.0788. The molecule has 1 N–H and O–H groups in total. The van der Waals surface area contributed by atoms with E-state index in [1.807, 2.05) is 0 Å². The molecule has 0 aromatic heterocycles. The van der Waals surface area contributed by atoms with Crippen molar-refractivity contribution in [2.24, 2.45) is 0 Å². The SMILES string of the molecule is COc1cc(Br)c(OC)c(C(=O)N(C)CCCCCO)c1. The molecule has 1 rings (SSSR count). The second kappa shape index (κ2) is 8.89. The second-order valence-corrected chi connectivity index (χ2v) is 5.56. The monoisotopic (exact) mass is 359 g/mol. The van der Waals surface area contributed by atoms with Gasteiger partial charge >= 0.3 is 0 Å². The predicted octanol–water partition coefficient (Wildman–Crippen LogP) is 2.70. The van der Waals surface area contributed by atoms with Gasteiger partial charge in [-0.05, 0) is 47.3 Å². The lowest BCUT2D eigenvalue weighted by Gasteiger charge is -2.19. The summed E-state index contributed by atoms with van der Waals surface area (Å²) in [7, 11) is 4.85.